The van der Waals surface area contributed by atoms with E-state index in [1.807, 2.05) is 52.0 Å². The van der Waals surface area contributed by atoms with Crippen molar-refractivity contribution in [2.75, 3.05) is 39.6 Å². The molecule has 740 valence electrons. The first-order valence-electron chi connectivity index (χ1n) is 52.2. The van der Waals surface area contributed by atoms with Crippen LogP contribution < -0.4 is 0 Å². The minimum absolute atomic E-state index is 0. The summed E-state index contributed by atoms with van der Waals surface area (Å²) in [6.45, 7) is 17.3. The number of allylic oxidation sites excluding steroid dienone is 4. The van der Waals surface area contributed by atoms with Gasteiger partial charge in [-0.2, -0.15) is 0 Å². The van der Waals surface area contributed by atoms with E-state index >= 15 is 0 Å². The maximum absolute atomic E-state index is 13.4. The molecule has 8 N–H and O–H groups in total. The number of carbonyl (C=O) groups is 8. The van der Waals surface area contributed by atoms with E-state index in [4.69, 9.17) is 24.1 Å². The van der Waals surface area contributed by atoms with Crippen molar-refractivity contribution in [3.8, 4) is 0 Å². The van der Waals surface area contributed by atoms with Gasteiger partial charge in [0.25, 0.3) is 0 Å². The smallest absolute Gasteiger partial charge is 0.204 e. The average molecular weight is 1860 g/mol. The molecule has 0 bridgehead atoms. The number of carbonyl (C=O) groups excluding carboxylic acids is 8. The maximum atomic E-state index is 13.4. The van der Waals surface area contributed by atoms with Crippen LogP contribution in [0.3, 0.4) is 0 Å². The van der Waals surface area contributed by atoms with Crippen LogP contribution in [0.2, 0.25) is 0 Å². The van der Waals surface area contributed by atoms with Crippen LogP contribution in [0.1, 0.15) is 352 Å². The number of aliphatic hydroxyl groups is 8. The van der Waals surface area contributed by atoms with Crippen LogP contribution in [0.4, 0.5) is 0 Å². The fourth-order valence-corrected chi connectivity index (χ4v) is 34.3. The SMILES string of the molecule is C.CC12CCC(=O)C=C1CCC1C2[C@@H](O)CC2(C)C1CC[C@]2(O)C(=O)CON=C1CCC2(CC1)CC2.CC12CCC(=O)C=C1CCC1C2[C@@H](O)CC2(C)C1CC[C@]2(O)C(=O)CON=C1CCCC1.CC12CCC(=O)C=C1CCC1C2[C@@H](O)CC2(C)C1CC[C@]2(O)C(=O)CON=C1CCCCC1.CC12CCC(=O)C=C1CCC1C2[C@@H](O)CC2(C)C1CC[C@]2(O)C(=O)CON=C1CCOCC1. The first-order chi connectivity index (χ1) is 63.2. The number of hydrogen-bond acceptors (Lipinski definition) is 25. The molecule has 134 heavy (non-hydrogen) atoms. The lowest BCUT2D eigenvalue weighted by atomic mass is 9.45. The summed E-state index contributed by atoms with van der Waals surface area (Å²) in [4.78, 5) is 123. The zero-order valence-electron chi connectivity index (χ0n) is 80.8. The average Bonchev–Trinajstić information content (AvgIpc) is 1.50. The number of aliphatic hydroxyl groups excluding tert-OH is 4. The van der Waals surface area contributed by atoms with E-state index in [1.165, 1.54) is 54.4 Å². The van der Waals surface area contributed by atoms with Gasteiger partial charge in [-0.15, -0.1) is 0 Å². The molecule has 20 aliphatic carbocycles. The molecular weight excluding hydrogens is 1700 g/mol. The second-order valence-corrected chi connectivity index (χ2v) is 48.2. The van der Waals surface area contributed by atoms with E-state index in [2.05, 4.69) is 48.3 Å². The van der Waals surface area contributed by atoms with Gasteiger partial charge in [0.05, 0.1) is 60.5 Å². The highest BCUT2D eigenvalue weighted by Crippen LogP contribution is 2.74. The molecule has 21 aliphatic rings. The van der Waals surface area contributed by atoms with E-state index in [9.17, 15) is 79.2 Å². The van der Waals surface area contributed by atoms with Gasteiger partial charge in [0.2, 0.25) is 23.1 Å². The summed E-state index contributed by atoms with van der Waals surface area (Å²) < 4.78 is 5.31. The first-order valence-corrected chi connectivity index (χ1v) is 52.2. The van der Waals surface area contributed by atoms with Crippen molar-refractivity contribution in [2.45, 2.75) is 399 Å². The van der Waals surface area contributed by atoms with E-state index in [0.717, 1.165) is 190 Å². The third kappa shape index (κ3) is 16.8. The van der Waals surface area contributed by atoms with Crippen LogP contribution in [0.15, 0.2) is 67.2 Å². The van der Waals surface area contributed by atoms with Crippen molar-refractivity contribution in [1.82, 2.24) is 0 Å². The number of fused-ring (bicyclic) bond motifs is 20. The molecule has 17 fully saturated rings. The van der Waals surface area contributed by atoms with Gasteiger partial charge in [-0.25, -0.2) is 0 Å². The molecular formula is C109H158N4O21. The highest BCUT2D eigenvalue weighted by molar-refractivity contribution is 5.96. The second-order valence-electron chi connectivity index (χ2n) is 48.2. The quantitative estimate of drug-likeness (QED) is 0.0665. The highest BCUT2D eigenvalue weighted by Gasteiger charge is 2.74. The van der Waals surface area contributed by atoms with Crippen LogP contribution >= 0.6 is 0 Å². The Labute approximate surface area is 793 Å². The molecule has 0 aromatic carbocycles. The van der Waals surface area contributed by atoms with Gasteiger partial charge in [0.1, 0.15) is 22.4 Å². The van der Waals surface area contributed by atoms with Crippen molar-refractivity contribution >= 4 is 69.1 Å². The number of oxime groups is 4. The van der Waals surface area contributed by atoms with Gasteiger partial charge in [-0.1, -0.05) is 112 Å². The zero-order chi connectivity index (χ0) is 94.2. The third-order valence-electron chi connectivity index (χ3n) is 42.1. The summed E-state index contributed by atoms with van der Waals surface area (Å²) in [6.07, 6.45) is 41.5. The van der Waals surface area contributed by atoms with Crippen LogP contribution in [-0.2, 0) is 62.4 Å². The second kappa shape index (κ2) is 37.4. The van der Waals surface area contributed by atoms with Crippen LogP contribution in [-0.4, -0.2) is 196 Å². The Morgan fingerprint density at radius 3 is 0.806 bits per heavy atom. The molecule has 28 atom stereocenters. The lowest BCUT2D eigenvalue weighted by Crippen LogP contribution is -2.62. The summed E-state index contributed by atoms with van der Waals surface area (Å²) in [5, 5.41) is 110. The van der Waals surface area contributed by atoms with Crippen LogP contribution in [0, 0.1) is 120 Å². The van der Waals surface area contributed by atoms with Crippen molar-refractivity contribution in [2.24, 2.45) is 140 Å². The molecule has 0 aromatic rings. The number of nitrogens with zero attached hydrogens (tertiary/aromatic N) is 4. The summed E-state index contributed by atoms with van der Waals surface area (Å²) in [6, 6.07) is 0. The fraction of sp³-hybridized carbons (Fsp3) is 0.817. The predicted octanol–water partition coefficient (Wildman–Crippen LogP) is 16.0. The monoisotopic (exact) mass is 1860 g/mol. The standard InChI is InChI=1S/C29H41NO5.C27H39NO5.C26H37NO6.C26H37NO5.CH4/c1-26-9-7-20(31)15-18(26)3-4-21-22-8-12-29(34,27(22,2)16-23(32)25(21)26)24(33)17-35-30-19-5-10-28(11-6-19)13-14-28;1-25-12-10-19(29)14-17(25)8-9-20-21-11-13-27(32,26(21,2)15-22(30)24(20)25)23(31)16-33-28-18-6-4-3-5-7-18;1-24-9-5-18(28)13-16(24)3-4-19-20-6-10-26(31,25(20,2)14-21(29)23(19)24)22(30)15-33-27-17-7-11-32-12-8-17;1-24-11-9-18(28)13-16(24)7-8-19-20-10-12-26(31,25(20,2)14-21(29)23(19)24)22(30)15-32-27-17-5-3-4-6-17;/h15,21-23,25,32,34H,3-14,16-17H2,1-2H3;14,20-22,24,30,32H,3-13,15-16H2,1-2H3;13,19-21,23,29,31H,3-12,14-15H2,1-2H3;13,19-21,23,29,31H,3-12,14-15H2,1-2H3;1H4/t21?,22?,23-,25?,26?,27?,29-;20?,21?,22-,24?,25?,26?,27-;2*19?,20?,21-,23?,24?,25?,26-;/m0000./s1. The van der Waals surface area contributed by atoms with E-state index < -0.39 is 68.5 Å². The Kier molecular flexibility index (Phi) is 27.7. The van der Waals surface area contributed by atoms with Crippen molar-refractivity contribution in [3.05, 3.63) is 46.6 Å². The topological polar surface area (TPSA) is 394 Å². The summed E-state index contributed by atoms with van der Waals surface area (Å²) >= 11 is 0. The number of hydrogen-bond donors (Lipinski definition) is 8. The summed E-state index contributed by atoms with van der Waals surface area (Å²) in [5.41, 5.74) is -0.0642. The Bertz CT molecular complexity index is 4660. The normalized spacial score (nSPS) is 45.0. The molecule has 21 rings (SSSR count). The molecule has 16 saturated carbocycles. The lowest BCUT2D eigenvalue weighted by molar-refractivity contribution is -0.183. The summed E-state index contributed by atoms with van der Waals surface area (Å²) in [5.74, 6) is 1.57. The molecule has 25 nitrogen and oxygen atoms in total. The Morgan fingerprint density at radius 1 is 0.313 bits per heavy atom. The first kappa shape index (κ1) is 99.4. The Balaban J connectivity index is 0.000000124. The number of ketones is 8. The minimum Gasteiger partial charge on any atom is -0.393 e. The van der Waals surface area contributed by atoms with E-state index in [1.54, 1.807) is 0 Å². The highest BCUT2D eigenvalue weighted by atomic mass is 16.6. The molecule has 25 heteroatoms. The lowest BCUT2D eigenvalue weighted by Gasteiger charge is -2.60. The molecule has 1 heterocycles. The number of ether oxygens (including phenoxy) is 1. The maximum Gasteiger partial charge on any atom is 0.204 e. The third-order valence-corrected chi connectivity index (χ3v) is 42.1. The zero-order valence-corrected chi connectivity index (χ0v) is 80.8. The molecule has 0 amide bonds. The van der Waals surface area contributed by atoms with Gasteiger partial charge < -0.3 is 64.9 Å². The molecule has 0 radical (unpaired) electrons. The predicted molar refractivity (Wildman–Crippen MR) is 504 cm³/mol. The van der Waals surface area contributed by atoms with Gasteiger partial charge in [0, 0.05) is 60.2 Å². The van der Waals surface area contributed by atoms with Crippen molar-refractivity contribution in [1.29, 1.82) is 0 Å². The Morgan fingerprint density at radius 2 is 0.552 bits per heavy atom. The number of Topliss-reactive ketones (excluding diaryl/α,β-unsaturated/α-hetero) is 4. The van der Waals surface area contributed by atoms with Crippen molar-refractivity contribution < 1.29 is 103 Å². The van der Waals surface area contributed by atoms with Gasteiger partial charge in [0.15, 0.2) is 49.6 Å². The fourth-order valence-electron chi connectivity index (χ4n) is 34.3. The number of rotatable bonds is 16. The van der Waals surface area contributed by atoms with Crippen LogP contribution in [0.5, 0.6) is 0 Å². The molecule has 20 unspecified atom stereocenters. The molecule has 0 aromatic heterocycles. The largest absolute Gasteiger partial charge is 0.393 e. The van der Waals surface area contributed by atoms with E-state index in [-0.39, 0.29) is 173 Å². The van der Waals surface area contributed by atoms with Gasteiger partial charge in [-0.05, 0) is 366 Å². The van der Waals surface area contributed by atoms with Crippen LogP contribution in [0.25, 0.3) is 0 Å². The van der Waals surface area contributed by atoms with Gasteiger partial charge >= 0.3 is 0 Å². The summed E-state index contributed by atoms with van der Waals surface area (Å²) in [7, 11) is 0. The van der Waals surface area contributed by atoms with Gasteiger partial charge in [-0.3, -0.25) is 38.4 Å². The molecule has 1 saturated heterocycles. The minimum atomic E-state index is -1.51. The van der Waals surface area contributed by atoms with E-state index in [0.29, 0.717) is 109 Å². The Hall–Kier alpha value is -6.16. The molecule has 1 aliphatic heterocycles. The van der Waals surface area contributed by atoms with Crippen molar-refractivity contribution in [3.63, 3.8) is 0 Å². The molecule has 1 spiro atoms.